The maximum atomic E-state index is 13.2. The molecule has 2 aliphatic rings. The minimum atomic E-state index is -0.265. The molecule has 0 spiro atoms. The number of anilines is 1. The van der Waals surface area contributed by atoms with E-state index in [-0.39, 0.29) is 24.1 Å². The summed E-state index contributed by atoms with van der Waals surface area (Å²) in [7, 11) is 2.13. The van der Waals surface area contributed by atoms with Gasteiger partial charge in [-0.05, 0) is 57.2 Å². The summed E-state index contributed by atoms with van der Waals surface area (Å²) in [6.07, 6.45) is 4.30. The number of carbonyl (C=O) groups is 2. The zero-order valence-electron chi connectivity index (χ0n) is 17.6. The Morgan fingerprint density at radius 2 is 1.94 bits per heavy atom. The molecule has 0 aliphatic carbocycles. The highest BCUT2D eigenvalue weighted by molar-refractivity contribution is 7.10. The van der Waals surface area contributed by atoms with Crippen molar-refractivity contribution in [2.75, 3.05) is 25.5 Å². The van der Waals surface area contributed by atoms with Crippen LogP contribution in [0, 0.1) is 5.82 Å². The van der Waals surface area contributed by atoms with Gasteiger partial charge in [0, 0.05) is 28.8 Å². The average Bonchev–Trinajstić information content (AvgIpc) is 3.43. The Labute approximate surface area is 188 Å². The summed E-state index contributed by atoms with van der Waals surface area (Å²) in [6.45, 7) is 1.81. The van der Waals surface area contributed by atoms with Crippen LogP contribution in [0.4, 0.5) is 10.2 Å². The molecule has 10 heteroatoms. The maximum absolute atomic E-state index is 13.2. The molecule has 1 aromatic carbocycles. The Morgan fingerprint density at radius 3 is 2.62 bits per heavy atom. The lowest BCUT2D eigenvalue weighted by atomic mass is 9.94. The Hall–Kier alpha value is -3.11. The van der Waals surface area contributed by atoms with E-state index in [4.69, 9.17) is 14.9 Å². The summed E-state index contributed by atoms with van der Waals surface area (Å²) in [6, 6.07) is 6.63. The lowest BCUT2D eigenvalue weighted by Gasteiger charge is -2.31. The number of nitrogens with one attached hydrogen (secondary N) is 1. The molecule has 1 atom stereocenters. The normalized spacial score (nSPS) is 18.9. The van der Waals surface area contributed by atoms with Gasteiger partial charge in [-0.25, -0.2) is 14.1 Å². The van der Waals surface area contributed by atoms with E-state index in [2.05, 4.69) is 22.4 Å². The van der Waals surface area contributed by atoms with Crippen LogP contribution in [0.15, 0.2) is 35.8 Å². The van der Waals surface area contributed by atoms with Crippen molar-refractivity contribution in [3.05, 3.63) is 52.2 Å². The lowest BCUT2D eigenvalue weighted by Crippen LogP contribution is -2.33. The van der Waals surface area contributed by atoms with Crippen molar-refractivity contribution in [3.63, 3.8) is 0 Å². The molecule has 1 unspecified atom stereocenters. The fraction of sp³-hybridized carbons (Fsp3) is 0.364. The van der Waals surface area contributed by atoms with Gasteiger partial charge in [0.2, 0.25) is 5.91 Å². The fourth-order valence-electron chi connectivity index (χ4n) is 4.18. The minimum absolute atomic E-state index is 0.00397. The van der Waals surface area contributed by atoms with Gasteiger partial charge in [0.1, 0.15) is 16.6 Å². The molecule has 2 N–H and O–H groups in total. The molecule has 8 nitrogen and oxygen atoms in total. The number of hydrogen-bond acceptors (Lipinski definition) is 6. The van der Waals surface area contributed by atoms with E-state index >= 15 is 0 Å². The van der Waals surface area contributed by atoms with Crippen LogP contribution >= 0.6 is 11.3 Å². The number of thiazole rings is 1. The second-order valence-electron chi connectivity index (χ2n) is 7.92. The van der Waals surface area contributed by atoms with E-state index in [0.717, 1.165) is 53.6 Å². The zero-order valence-corrected chi connectivity index (χ0v) is 18.4. The number of piperidine rings is 1. The first-order valence-electron chi connectivity index (χ1n) is 10.3. The number of likely N-dealkylation sites (tertiary alicyclic amines) is 1. The Bertz CT molecular complexity index is 1090. The Kier molecular flexibility index (Phi) is 6.61. The van der Waals surface area contributed by atoms with E-state index in [9.17, 15) is 9.18 Å². The molecule has 3 aromatic rings. The molecule has 2 aliphatic heterocycles. The quantitative estimate of drug-likeness (QED) is 0.583. The number of rotatable bonds is 3. The van der Waals surface area contributed by atoms with Crippen LogP contribution in [0.2, 0.25) is 0 Å². The number of fused-ring (bicyclic) bond motifs is 1. The number of halogens is 1. The summed E-state index contributed by atoms with van der Waals surface area (Å²) < 4.78 is 15.2. The first-order chi connectivity index (χ1) is 15.5. The van der Waals surface area contributed by atoms with Gasteiger partial charge in [0.15, 0.2) is 0 Å². The van der Waals surface area contributed by atoms with Crippen molar-refractivity contribution in [2.24, 2.45) is 0 Å². The molecular formula is C22H24FN5O3S. The number of hydrogen-bond donors (Lipinski definition) is 2. The standard InChI is InChI=1S/C21H22FN5OS.CH2O2/c1-26-8-6-15(7-9-26)27-20-17(11-23-27)16(10-19(28)25-20)21-24-18(12-29-21)13-2-4-14(22)5-3-13;2-1-3/h2-5,11-12,15-16H,6-10H2,1H3,(H,25,28);1H,(H,2,3). The molecule has 168 valence electrons. The third kappa shape index (κ3) is 4.56. The molecule has 1 amide bonds. The highest BCUT2D eigenvalue weighted by Crippen LogP contribution is 2.41. The van der Waals surface area contributed by atoms with Crippen molar-refractivity contribution in [2.45, 2.75) is 31.2 Å². The minimum Gasteiger partial charge on any atom is -0.483 e. The number of carboxylic acid groups (broad SMARTS) is 1. The van der Waals surface area contributed by atoms with Gasteiger partial charge < -0.3 is 15.3 Å². The van der Waals surface area contributed by atoms with Gasteiger partial charge in [0.05, 0.1) is 17.9 Å². The summed E-state index contributed by atoms with van der Waals surface area (Å²) in [5, 5.41) is 17.4. The van der Waals surface area contributed by atoms with Crippen molar-refractivity contribution < 1.29 is 19.1 Å². The SMILES string of the molecule is CN1CCC(n2ncc3c2NC(=O)CC3c2nc(-c3ccc(F)cc3)cs2)CC1.O=CO. The zero-order chi connectivity index (χ0) is 22.7. The van der Waals surface area contributed by atoms with E-state index in [1.54, 1.807) is 12.1 Å². The predicted molar refractivity (Wildman–Crippen MR) is 119 cm³/mol. The maximum Gasteiger partial charge on any atom is 0.290 e. The van der Waals surface area contributed by atoms with Gasteiger partial charge in [-0.2, -0.15) is 5.10 Å². The second-order valence-corrected chi connectivity index (χ2v) is 8.81. The summed E-state index contributed by atoms with van der Waals surface area (Å²) in [5.41, 5.74) is 2.71. The lowest BCUT2D eigenvalue weighted by molar-refractivity contribution is -0.123. The fourth-order valence-corrected chi connectivity index (χ4v) is 5.12. The molecule has 1 saturated heterocycles. The summed E-state index contributed by atoms with van der Waals surface area (Å²) >= 11 is 1.54. The monoisotopic (exact) mass is 457 g/mol. The number of aromatic nitrogens is 3. The van der Waals surface area contributed by atoms with Crippen molar-refractivity contribution in [1.29, 1.82) is 0 Å². The van der Waals surface area contributed by atoms with Crippen molar-refractivity contribution >= 4 is 29.5 Å². The van der Waals surface area contributed by atoms with Crippen LogP contribution < -0.4 is 5.32 Å². The van der Waals surface area contributed by atoms with Crippen LogP contribution in [0.25, 0.3) is 11.3 Å². The summed E-state index contributed by atoms with van der Waals surface area (Å²) in [5.74, 6) is 0.451. The second kappa shape index (κ2) is 9.58. The van der Waals surface area contributed by atoms with E-state index in [1.165, 1.54) is 23.5 Å². The van der Waals surface area contributed by atoms with Gasteiger partial charge in [-0.3, -0.25) is 9.59 Å². The van der Waals surface area contributed by atoms with Crippen LogP contribution in [-0.4, -0.2) is 57.3 Å². The molecule has 0 bridgehead atoms. The number of amides is 1. The highest BCUT2D eigenvalue weighted by atomic mass is 32.1. The first kappa shape index (κ1) is 22.1. The molecular weight excluding hydrogens is 433 g/mol. The largest absolute Gasteiger partial charge is 0.483 e. The molecule has 0 radical (unpaired) electrons. The van der Waals surface area contributed by atoms with Gasteiger partial charge in [-0.1, -0.05) is 0 Å². The number of nitrogens with zero attached hydrogens (tertiary/aromatic N) is 4. The summed E-state index contributed by atoms with van der Waals surface area (Å²) in [4.78, 5) is 27.9. The van der Waals surface area contributed by atoms with Gasteiger partial charge >= 0.3 is 0 Å². The van der Waals surface area contributed by atoms with Crippen molar-refractivity contribution in [3.8, 4) is 11.3 Å². The Balaban J connectivity index is 0.000000775. The molecule has 32 heavy (non-hydrogen) atoms. The van der Waals surface area contributed by atoms with Crippen molar-refractivity contribution in [1.82, 2.24) is 19.7 Å². The molecule has 4 heterocycles. The smallest absolute Gasteiger partial charge is 0.290 e. The topological polar surface area (TPSA) is 100 Å². The average molecular weight is 458 g/mol. The third-order valence-electron chi connectivity index (χ3n) is 5.84. The third-order valence-corrected chi connectivity index (χ3v) is 6.80. The van der Waals surface area contributed by atoms with Crippen LogP contribution in [0.1, 0.15) is 41.8 Å². The number of benzene rings is 1. The van der Waals surface area contributed by atoms with Crippen LogP contribution in [0.3, 0.4) is 0 Å². The molecule has 2 aromatic heterocycles. The van der Waals surface area contributed by atoms with E-state index in [0.29, 0.717) is 12.5 Å². The molecule has 5 rings (SSSR count). The van der Waals surface area contributed by atoms with E-state index < -0.39 is 0 Å². The molecule has 0 saturated carbocycles. The van der Waals surface area contributed by atoms with Crippen LogP contribution in [0.5, 0.6) is 0 Å². The van der Waals surface area contributed by atoms with Gasteiger partial charge in [0.25, 0.3) is 6.47 Å². The Morgan fingerprint density at radius 1 is 1.25 bits per heavy atom. The molecule has 1 fully saturated rings. The first-order valence-corrected chi connectivity index (χ1v) is 11.2. The van der Waals surface area contributed by atoms with E-state index in [1.807, 2.05) is 16.3 Å². The predicted octanol–water partition coefficient (Wildman–Crippen LogP) is 3.59. The van der Waals surface area contributed by atoms with Gasteiger partial charge in [-0.15, -0.1) is 11.3 Å². The highest BCUT2D eigenvalue weighted by Gasteiger charge is 2.34. The number of carbonyl (C=O) groups excluding carboxylic acids is 1. The van der Waals surface area contributed by atoms with Crippen LogP contribution in [-0.2, 0) is 9.59 Å².